The molecule has 72 valence electrons. The Labute approximate surface area is 77.7 Å². The van der Waals surface area contributed by atoms with E-state index in [2.05, 4.69) is 27.7 Å². The molecule has 0 aliphatic heterocycles. The van der Waals surface area contributed by atoms with E-state index in [0.29, 0.717) is 0 Å². The third-order valence-corrected chi connectivity index (χ3v) is 3.85. The lowest BCUT2D eigenvalue weighted by molar-refractivity contribution is 0.136. The quantitative estimate of drug-likeness (QED) is 0.582. The second kappa shape index (κ2) is 4.30. The van der Waals surface area contributed by atoms with Gasteiger partial charge in [-0.15, -0.1) is 0 Å². The first kappa shape index (κ1) is 10.1. The van der Waals surface area contributed by atoms with Crippen LogP contribution < -0.4 is 0 Å². The Morgan fingerprint density at radius 1 is 0.917 bits per heavy atom. The van der Waals surface area contributed by atoms with Crippen molar-refractivity contribution < 1.29 is 0 Å². The van der Waals surface area contributed by atoms with Crippen molar-refractivity contribution in [3.05, 3.63) is 0 Å². The Balaban J connectivity index is 2.43. The van der Waals surface area contributed by atoms with Gasteiger partial charge in [-0.3, -0.25) is 0 Å². The maximum atomic E-state index is 2.45. The summed E-state index contributed by atoms with van der Waals surface area (Å²) in [4.78, 5) is 0. The van der Waals surface area contributed by atoms with Crippen LogP contribution >= 0.6 is 0 Å². The lowest BCUT2D eigenvalue weighted by atomic mass is 9.69. The first-order valence-electron chi connectivity index (χ1n) is 5.65. The molecule has 0 aromatic carbocycles. The zero-order valence-corrected chi connectivity index (χ0v) is 9.14. The van der Waals surface area contributed by atoms with E-state index in [-0.39, 0.29) is 0 Å². The minimum atomic E-state index is 0.966. The highest BCUT2D eigenvalue weighted by Crippen LogP contribution is 2.39. The van der Waals surface area contributed by atoms with E-state index in [1.807, 2.05) is 0 Å². The average Bonchev–Trinajstić information content (AvgIpc) is 2.01. The Bertz CT molecular complexity index is 128. The van der Waals surface area contributed by atoms with Crippen molar-refractivity contribution >= 4 is 0 Å². The molecule has 0 spiro atoms. The first-order chi connectivity index (χ1) is 5.65. The van der Waals surface area contributed by atoms with Crippen LogP contribution in [0.4, 0.5) is 0 Å². The van der Waals surface area contributed by atoms with Crippen molar-refractivity contribution in [2.75, 3.05) is 0 Å². The fourth-order valence-electron chi connectivity index (χ4n) is 2.73. The normalized spacial score (nSPS) is 43.0. The molecule has 1 aliphatic rings. The summed E-state index contributed by atoms with van der Waals surface area (Å²) in [6, 6.07) is 0. The van der Waals surface area contributed by atoms with Gasteiger partial charge >= 0.3 is 0 Å². The van der Waals surface area contributed by atoms with Crippen LogP contribution in [0.15, 0.2) is 0 Å². The summed E-state index contributed by atoms with van der Waals surface area (Å²) < 4.78 is 0. The van der Waals surface area contributed by atoms with Gasteiger partial charge in [-0.05, 0) is 36.5 Å². The Hall–Kier alpha value is 0. The second-order valence-corrected chi connectivity index (χ2v) is 4.95. The SMILES string of the molecule is CCCC1CC(C)C(C)CC1C. The van der Waals surface area contributed by atoms with Crippen LogP contribution in [0.3, 0.4) is 0 Å². The van der Waals surface area contributed by atoms with Crippen LogP contribution in [0.25, 0.3) is 0 Å². The Kier molecular flexibility index (Phi) is 3.61. The standard InChI is InChI=1S/C12H24/c1-5-6-12-8-10(3)9(2)7-11(12)4/h9-12H,5-8H2,1-4H3. The Morgan fingerprint density at radius 2 is 1.50 bits per heavy atom. The number of hydrogen-bond donors (Lipinski definition) is 0. The van der Waals surface area contributed by atoms with Gasteiger partial charge < -0.3 is 0 Å². The first-order valence-corrected chi connectivity index (χ1v) is 5.65. The monoisotopic (exact) mass is 168 g/mol. The fourth-order valence-corrected chi connectivity index (χ4v) is 2.73. The van der Waals surface area contributed by atoms with E-state index in [1.54, 1.807) is 0 Å². The summed E-state index contributed by atoms with van der Waals surface area (Å²) in [7, 11) is 0. The van der Waals surface area contributed by atoms with Gasteiger partial charge in [-0.1, -0.05) is 40.5 Å². The molecule has 0 bridgehead atoms. The van der Waals surface area contributed by atoms with E-state index in [0.717, 1.165) is 23.7 Å². The van der Waals surface area contributed by atoms with Crippen LogP contribution in [0.2, 0.25) is 0 Å². The van der Waals surface area contributed by atoms with Gasteiger partial charge in [-0.25, -0.2) is 0 Å². The van der Waals surface area contributed by atoms with Gasteiger partial charge in [0.2, 0.25) is 0 Å². The van der Waals surface area contributed by atoms with E-state index in [4.69, 9.17) is 0 Å². The van der Waals surface area contributed by atoms with Crippen LogP contribution in [0, 0.1) is 23.7 Å². The molecule has 0 aromatic heterocycles. The average molecular weight is 168 g/mol. The van der Waals surface area contributed by atoms with Crippen LogP contribution in [-0.2, 0) is 0 Å². The third-order valence-electron chi connectivity index (χ3n) is 3.85. The largest absolute Gasteiger partial charge is 0.0654 e. The molecule has 4 unspecified atom stereocenters. The van der Waals surface area contributed by atoms with Gasteiger partial charge in [0.1, 0.15) is 0 Å². The molecule has 0 heterocycles. The van der Waals surface area contributed by atoms with Gasteiger partial charge in [0.15, 0.2) is 0 Å². The summed E-state index contributed by atoms with van der Waals surface area (Å²) in [6.45, 7) is 9.61. The molecule has 0 aromatic rings. The van der Waals surface area contributed by atoms with E-state index in [1.165, 1.54) is 25.7 Å². The minimum Gasteiger partial charge on any atom is -0.0654 e. The van der Waals surface area contributed by atoms with Gasteiger partial charge in [-0.2, -0.15) is 0 Å². The molecule has 0 radical (unpaired) electrons. The molecular weight excluding hydrogens is 144 g/mol. The van der Waals surface area contributed by atoms with E-state index >= 15 is 0 Å². The summed E-state index contributed by atoms with van der Waals surface area (Å²) in [5, 5.41) is 0. The van der Waals surface area contributed by atoms with Crippen molar-refractivity contribution in [1.82, 2.24) is 0 Å². The smallest absolute Gasteiger partial charge is 0.0386 e. The number of hydrogen-bond acceptors (Lipinski definition) is 0. The van der Waals surface area contributed by atoms with Crippen molar-refractivity contribution in [2.24, 2.45) is 23.7 Å². The van der Waals surface area contributed by atoms with Crippen LogP contribution in [-0.4, -0.2) is 0 Å². The highest BCUT2D eigenvalue weighted by atomic mass is 14.3. The molecule has 0 heteroatoms. The molecule has 1 saturated carbocycles. The summed E-state index contributed by atoms with van der Waals surface area (Å²) in [5.74, 6) is 3.95. The van der Waals surface area contributed by atoms with Gasteiger partial charge in [0.25, 0.3) is 0 Å². The molecule has 0 saturated heterocycles. The predicted octanol–water partition coefficient (Wildman–Crippen LogP) is 4.10. The third kappa shape index (κ3) is 2.24. The van der Waals surface area contributed by atoms with Crippen LogP contribution in [0.1, 0.15) is 53.4 Å². The predicted molar refractivity (Wildman–Crippen MR) is 55.1 cm³/mol. The second-order valence-electron chi connectivity index (χ2n) is 4.95. The van der Waals surface area contributed by atoms with Crippen molar-refractivity contribution in [3.63, 3.8) is 0 Å². The van der Waals surface area contributed by atoms with Crippen molar-refractivity contribution in [1.29, 1.82) is 0 Å². The van der Waals surface area contributed by atoms with Gasteiger partial charge in [0, 0.05) is 0 Å². The summed E-state index contributed by atoms with van der Waals surface area (Å²) in [6.07, 6.45) is 5.77. The zero-order valence-electron chi connectivity index (χ0n) is 9.14. The molecule has 1 fully saturated rings. The van der Waals surface area contributed by atoms with Gasteiger partial charge in [0.05, 0.1) is 0 Å². The highest BCUT2D eigenvalue weighted by Gasteiger charge is 2.29. The summed E-state index contributed by atoms with van der Waals surface area (Å²) in [5.41, 5.74) is 0. The molecule has 0 nitrogen and oxygen atoms in total. The minimum absolute atomic E-state index is 0.966. The molecule has 0 N–H and O–H groups in total. The van der Waals surface area contributed by atoms with E-state index < -0.39 is 0 Å². The van der Waals surface area contributed by atoms with E-state index in [9.17, 15) is 0 Å². The highest BCUT2D eigenvalue weighted by molar-refractivity contribution is 4.79. The number of rotatable bonds is 2. The van der Waals surface area contributed by atoms with Crippen molar-refractivity contribution in [3.8, 4) is 0 Å². The molecule has 1 rings (SSSR count). The molecule has 1 aliphatic carbocycles. The Morgan fingerprint density at radius 3 is 2.08 bits per heavy atom. The zero-order chi connectivity index (χ0) is 9.14. The van der Waals surface area contributed by atoms with Crippen LogP contribution in [0.5, 0.6) is 0 Å². The molecule has 0 amide bonds. The maximum Gasteiger partial charge on any atom is -0.0386 e. The van der Waals surface area contributed by atoms with Crippen molar-refractivity contribution in [2.45, 2.75) is 53.4 Å². The topological polar surface area (TPSA) is 0 Å². The summed E-state index contributed by atoms with van der Waals surface area (Å²) >= 11 is 0. The molecule has 4 atom stereocenters. The molecule has 12 heavy (non-hydrogen) atoms. The lowest BCUT2D eigenvalue weighted by Gasteiger charge is -2.37. The fraction of sp³-hybridized carbons (Fsp3) is 1.00. The maximum absolute atomic E-state index is 2.45. The lowest BCUT2D eigenvalue weighted by Crippen LogP contribution is -2.27. The molecular formula is C12H24.